The molecular formula is C23H30N2O4. The standard InChI is InChI=1S/C23H30N2O4/c1-16-12-20(11-7-10-17-8-5-4-6-9-17)29-23(28)21(16)22(27)25-14-18(24(2)3)13-19(25)15-26/h4-6,8-9,12,18-19,26H,7,10-11,13-15H2,1-3H3/t18-,19+/m1/s1. The number of aliphatic hydroxyl groups is 1. The zero-order valence-electron chi connectivity index (χ0n) is 17.4. The largest absolute Gasteiger partial charge is 0.427 e. The molecule has 1 aliphatic rings. The van der Waals surface area contributed by atoms with Crippen LogP contribution in [0.5, 0.6) is 0 Å². The molecule has 0 radical (unpaired) electrons. The van der Waals surface area contributed by atoms with E-state index in [-0.39, 0.29) is 30.2 Å². The third kappa shape index (κ3) is 4.95. The van der Waals surface area contributed by atoms with Gasteiger partial charge in [-0.15, -0.1) is 0 Å². The van der Waals surface area contributed by atoms with E-state index in [4.69, 9.17) is 4.42 Å². The second kappa shape index (κ2) is 9.37. The van der Waals surface area contributed by atoms with Gasteiger partial charge in [0.1, 0.15) is 11.3 Å². The number of likely N-dealkylation sites (N-methyl/N-ethyl adjacent to an activating group) is 1. The average Bonchev–Trinajstić information content (AvgIpc) is 3.13. The zero-order chi connectivity index (χ0) is 21.0. The van der Waals surface area contributed by atoms with E-state index in [9.17, 15) is 14.7 Å². The van der Waals surface area contributed by atoms with Gasteiger partial charge in [-0.05, 0) is 57.5 Å². The normalized spacial score (nSPS) is 19.1. The first kappa shape index (κ1) is 21.3. The molecule has 2 aromatic rings. The molecule has 1 N–H and O–H groups in total. The highest BCUT2D eigenvalue weighted by Crippen LogP contribution is 2.23. The average molecular weight is 399 g/mol. The molecule has 0 spiro atoms. The number of nitrogens with zero attached hydrogens (tertiary/aromatic N) is 2. The summed E-state index contributed by atoms with van der Waals surface area (Å²) in [7, 11) is 3.91. The molecule has 1 saturated heterocycles. The summed E-state index contributed by atoms with van der Waals surface area (Å²) in [6.45, 7) is 2.16. The van der Waals surface area contributed by atoms with E-state index in [1.54, 1.807) is 17.9 Å². The number of rotatable bonds is 7. The van der Waals surface area contributed by atoms with Gasteiger partial charge in [-0.25, -0.2) is 4.79 Å². The van der Waals surface area contributed by atoms with E-state index in [0.29, 0.717) is 30.7 Å². The van der Waals surface area contributed by atoms with Gasteiger partial charge in [-0.2, -0.15) is 0 Å². The third-order valence-corrected chi connectivity index (χ3v) is 5.74. The van der Waals surface area contributed by atoms with Gasteiger partial charge in [-0.3, -0.25) is 4.79 Å². The van der Waals surface area contributed by atoms with E-state index >= 15 is 0 Å². The summed E-state index contributed by atoms with van der Waals surface area (Å²) < 4.78 is 5.48. The minimum Gasteiger partial charge on any atom is -0.427 e. The van der Waals surface area contributed by atoms with Crippen molar-refractivity contribution in [2.24, 2.45) is 0 Å². The molecule has 2 heterocycles. The van der Waals surface area contributed by atoms with Crippen LogP contribution in [0.4, 0.5) is 0 Å². The lowest BCUT2D eigenvalue weighted by Crippen LogP contribution is -2.41. The number of hydrogen-bond acceptors (Lipinski definition) is 5. The predicted molar refractivity (Wildman–Crippen MR) is 112 cm³/mol. The molecule has 1 aromatic carbocycles. The molecule has 2 atom stereocenters. The van der Waals surface area contributed by atoms with Gasteiger partial charge < -0.3 is 19.3 Å². The van der Waals surface area contributed by atoms with E-state index in [2.05, 4.69) is 12.1 Å². The molecule has 6 nitrogen and oxygen atoms in total. The Morgan fingerprint density at radius 3 is 2.59 bits per heavy atom. The Labute approximate surface area is 171 Å². The minimum absolute atomic E-state index is 0.0784. The van der Waals surface area contributed by atoms with Gasteiger partial charge in [-0.1, -0.05) is 30.3 Å². The minimum atomic E-state index is -0.588. The van der Waals surface area contributed by atoms with Gasteiger partial charge in [0.2, 0.25) is 0 Å². The van der Waals surface area contributed by atoms with Crippen LogP contribution in [0.15, 0.2) is 45.6 Å². The highest BCUT2D eigenvalue weighted by atomic mass is 16.4. The van der Waals surface area contributed by atoms with Crippen LogP contribution in [0.25, 0.3) is 0 Å². The van der Waals surface area contributed by atoms with Crippen molar-refractivity contribution in [2.45, 2.75) is 44.7 Å². The molecule has 6 heteroatoms. The highest BCUT2D eigenvalue weighted by molar-refractivity contribution is 5.95. The molecular weight excluding hydrogens is 368 g/mol. The van der Waals surface area contributed by atoms with Crippen molar-refractivity contribution in [1.82, 2.24) is 9.80 Å². The van der Waals surface area contributed by atoms with Crippen LogP contribution < -0.4 is 5.63 Å². The molecule has 156 valence electrons. The lowest BCUT2D eigenvalue weighted by molar-refractivity contribution is 0.0667. The van der Waals surface area contributed by atoms with Gasteiger partial charge in [0.15, 0.2) is 0 Å². The number of aryl methyl sites for hydroxylation is 3. The Morgan fingerprint density at radius 2 is 1.97 bits per heavy atom. The van der Waals surface area contributed by atoms with Crippen molar-refractivity contribution in [2.75, 3.05) is 27.2 Å². The van der Waals surface area contributed by atoms with Crippen LogP contribution in [0.2, 0.25) is 0 Å². The van der Waals surface area contributed by atoms with Crippen molar-refractivity contribution in [3.8, 4) is 0 Å². The van der Waals surface area contributed by atoms with Crippen LogP contribution in [-0.4, -0.2) is 60.1 Å². The van der Waals surface area contributed by atoms with Crippen molar-refractivity contribution >= 4 is 5.91 Å². The molecule has 3 rings (SSSR count). The fourth-order valence-corrected chi connectivity index (χ4v) is 4.00. The van der Waals surface area contributed by atoms with Crippen LogP contribution in [-0.2, 0) is 12.8 Å². The van der Waals surface area contributed by atoms with Gasteiger partial charge in [0.05, 0.1) is 12.6 Å². The summed E-state index contributed by atoms with van der Waals surface area (Å²) >= 11 is 0. The summed E-state index contributed by atoms with van der Waals surface area (Å²) in [6, 6.07) is 11.9. The maximum Gasteiger partial charge on any atom is 0.349 e. The van der Waals surface area contributed by atoms with E-state index in [0.717, 1.165) is 12.8 Å². The maximum atomic E-state index is 13.1. The Hall–Kier alpha value is -2.44. The Morgan fingerprint density at radius 1 is 1.24 bits per heavy atom. The van der Waals surface area contributed by atoms with Crippen LogP contribution in [0.3, 0.4) is 0 Å². The Kier molecular flexibility index (Phi) is 6.87. The number of benzene rings is 1. The maximum absolute atomic E-state index is 13.1. The molecule has 1 amide bonds. The van der Waals surface area contributed by atoms with E-state index < -0.39 is 5.63 Å². The monoisotopic (exact) mass is 398 g/mol. The number of carbonyl (C=O) groups excluding carboxylic acids is 1. The lowest BCUT2D eigenvalue weighted by Gasteiger charge is -2.23. The summed E-state index contributed by atoms with van der Waals surface area (Å²) in [6.07, 6.45) is 3.10. The topological polar surface area (TPSA) is 74.0 Å². The first-order valence-corrected chi connectivity index (χ1v) is 10.2. The molecule has 1 fully saturated rings. The number of aliphatic hydroxyl groups excluding tert-OH is 1. The Balaban J connectivity index is 1.71. The second-order valence-corrected chi connectivity index (χ2v) is 8.04. The molecule has 0 unspecified atom stereocenters. The molecule has 0 bridgehead atoms. The molecule has 29 heavy (non-hydrogen) atoms. The van der Waals surface area contributed by atoms with Crippen LogP contribution >= 0.6 is 0 Å². The van der Waals surface area contributed by atoms with E-state index in [1.165, 1.54) is 5.56 Å². The second-order valence-electron chi connectivity index (χ2n) is 8.04. The number of amides is 1. The molecule has 0 aliphatic carbocycles. The fraction of sp³-hybridized carbons (Fsp3) is 0.478. The summed E-state index contributed by atoms with van der Waals surface area (Å²) in [5, 5.41) is 9.69. The SMILES string of the molecule is Cc1cc(CCCc2ccccc2)oc(=O)c1C(=O)N1C[C@H](N(C)C)C[C@H]1CO. The number of hydrogen-bond donors (Lipinski definition) is 1. The Bertz CT molecular complexity index is 891. The summed E-state index contributed by atoms with van der Waals surface area (Å²) in [5.41, 5.74) is 1.37. The van der Waals surface area contributed by atoms with Crippen molar-refractivity contribution < 1.29 is 14.3 Å². The zero-order valence-corrected chi connectivity index (χ0v) is 17.4. The highest BCUT2D eigenvalue weighted by Gasteiger charge is 2.37. The first-order valence-electron chi connectivity index (χ1n) is 10.2. The van der Waals surface area contributed by atoms with Gasteiger partial charge >= 0.3 is 5.63 Å². The summed E-state index contributed by atoms with van der Waals surface area (Å²) in [5.74, 6) is 0.252. The predicted octanol–water partition coefficient (Wildman–Crippen LogP) is 2.26. The fourth-order valence-electron chi connectivity index (χ4n) is 4.00. The quantitative estimate of drug-likeness (QED) is 0.774. The van der Waals surface area contributed by atoms with E-state index in [1.807, 2.05) is 37.2 Å². The lowest BCUT2D eigenvalue weighted by atomic mass is 10.1. The molecule has 1 aromatic heterocycles. The summed E-state index contributed by atoms with van der Waals surface area (Å²) in [4.78, 5) is 29.3. The molecule has 0 saturated carbocycles. The van der Waals surface area contributed by atoms with Gasteiger partial charge in [0.25, 0.3) is 5.91 Å². The third-order valence-electron chi connectivity index (χ3n) is 5.74. The smallest absolute Gasteiger partial charge is 0.349 e. The molecule has 1 aliphatic heterocycles. The first-order chi connectivity index (χ1) is 13.9. The number of carbonyl (C=O) groups is 1. The van der Waals surface area contributed by atoms with Gasteiger partial charge in [0, 0.05) is 19.0 Å². The van der Waals surface area contributed by atoms with Crippen LogP contribution in [0.1, 0.15) is 40.1 Å². The van der Waals surface area contributed by atoms with Crippen LogP contribution in [0, 0.1) is 6.92 Å². The number of likely N-dealkylation sites (tertiary alicyclic amines) is 1. The van der Waals surface area contributed by atoms with Crippen molar-refractivity contribution in [3.63, 3.8) is 0 Å². The van der Waals surface area contributed by atoms with Crippen molar-refractivity contribution in [1.29, 1.82) is 0 Å². The van der Waals surface area contributed by atoms with Crippen molar-refractivity contribution in [3.05, 3.63) is 69.3 Å².